The molecule has 1 heterocycles. The first kappa shape index (κ1) is 55.9. The number of unbranched alkanes of at least 4 members (excludes halogenated alkanes) is 31. The quantitative estimate of drug-likeness (QED) is 0.0263. The van der Waals surface area contributed by atoms with Crippen molar-refractivity contribution >= 4 is 5.91 Å². The van der Waals surface area contributed by atoms with Crippen LogP contribution in [0.25, 0.3) is 0 Å². The highest BCUT2D eigenvalue weighted by atomic mass is 16.7. The number of amides is 1. The Bertz CT molecular complexity index is 935. The summed E-state index contributed by atoms with van der Waals surface area (Å²) < 4.78 is 11.3. The number of carbonyl (C=O) groups excluding carboxylic acids is 1. The molecule has 0 saturated carbocycles. The minimum atomic E-state index is -1.55. The largest absolute Gasteiger partial charge is 0.394 e. The Morgan fingerprint density at radius 1 is 0.559 bits per heavy atom. The maximum Gasteiger partial charge on any atom is 0.220 e. The van der Waals surface area contributed by atoms with Crippen LogP contribution in [0.4, 0.5) is 0 Å². The lowest BCUT2D eigenvalue weighted by Gasteiger charge is -2.40. The Balaban J connectivity index is 2.28. The second-order valence-corrected chi connectivity index (χ2v) is 18.0. The van der Waals surface area contributed by atoms with E-state index < -0.39 is 49.5 Å². The molecule has 59 heavy (non-hydrogen) atoms. The molecule has 0 spiro atoms. The Morgan fingerprint density at radius 2 is 0.949 bits per heavy atom. The Labute approximate surface area is 363 Å². The fourth-order valence-corrected chi connectivity index (χ4v) is 8.27. The summed E-state index contributed by atoms with van der Waals surface area (Å²) in [5.74, 6) is -0.146. The molecule has 1 fully saturated rings. The van der Waals surface area contributed by atoms with E-state index in [-0.39, 0.29) is 12.5 Å². The third-order valence-corrected chi connectivity index (χ3v) is 12.4. The zero-order valence-electron chi connectivity index (χ0n) is 38.5. The van der Waals surface area contributed by atoms with Crippen LogP contribution in [0.2, 0.25) is 0 Å². The molecule has 1 amide bonds. The summed E-state index contributed by atoms with van der Waals surface area (Å²) in [6.45, 7) is 3.85. The van der Waals surface area contributed by atoms with E-state index in [0.717, 1.165) is 38.5 Å². The second-order valence-electron chi connectivity index (χ2n) is 18.0. The highest BCUT2D eigenvalue weighted by Crippen LogP contribution is 2.23. The van der Waals surface area contributed by atoms with E-state index in [1.807, 2.05) is 0 Å². The molecule has 0 aromatic heterocycles. The van der Waals surface area contributed by atoms with Gasteiger partial charge < -0.3 is 40.3 Å². The molecule has 7 atom stereocenters. The molecule has 0 aromatic rings. The van der Waals surface area contributed by atoms with Crippen LogP contribution in [0, 0.1) is 0 Å². The Hall–Kier alpha value is -1.07. The predicted octanol–water partition coefficient (Wildman–Crippen LogP) is 11.3. The average Bonchev–Trinajstić information content (AvgIpc) is 3.23. The fourth-order valence-electron chi connectivity index (χ4n) is 8.27. The zero-order valence-corrected chi connectivity index (χ0v) is 38.5. The lowest BCUT2D eigenvalue weighted by Crippen LogP contribution is -2.60. The van der Waals surface area contributed by atoms with Crippen molar-refractivity contribution in [1.82, 2.24) is 5.32 Å². The monoisotopic (exact) mass is 840 g/mol. The third kappa shape index (κ3) is 31.4. The molecule has 9 heteroatoms. The molecule has 0 aliphatic carbocycles. The maximum atomic E-state index is 13.0. The predicted molar refractivity (Wildman–Crippen MR) is 244 cm³/mol. The van der Waals surface area contributed by atoms with Gasteiger partial charge in [-0.2, -0.15) is 0 Å². The van der Waals surface area contributed by atoms with Crippen molar-refractivity contribution in [2.45, 2.75) is 288 Å². The highest BCUT2D eigenvalue weighted by molar-refractivity contribution is 5.76. The van der Waals surface area contributed by atoms with E-state index in [2.05, 4.69) is 31.3 Å². The van der Waals surface area contributed by atoms with Gasteiger partial charge in [0, 0.05) is 6.42 Å². The zero-order chi connectivity index (χ0) is 43.0. The highest BCUT2D eigenvalue weighted by Gasteiger charge is 2.44. The molecule has 1 aliphatic heterocycles. The van der Waals surface area contributed by atoms with Gasteiger partial charge in [-0.3, -0.25) is 4.79 Å². The van der Waals surface area contributed by atoms with Crippen molar-refractivity contribution in [1.29, 1.82) is 0 Å². The number of rotatable bonds is 43. The van der Waals surface area contributed by atoms with Crippen LogP contribution in [0.3, 0.4) is 0 Å². The molecule has 9 nitrogen and oxygen atoms in total. The molecule has 6 N–H and O–H groups in total. The van der Waals surface area contributed by atoms with Crippen LogP contribution < -0.4 is 5.32 Å². The minimum absolute atomic E-state index is 0.136. The molecule has 350 valence electrons. The summed E-state index contributed by atoms with van der Waals surface area (Å²) in [4.78, 5) is 13.0. The summed E-state index contributed by atoms with van der Waals surface area (Å²) >= 11 is 0. The summed E-state index contributed by atoms with van der Waals surface area (Å²) in [6, 6.07) is -0.717. The number of aliphatic hydroxyl groups excluding tert-OH is 5. The molecule has 1 aliphatic rings. The van der Waals surface area contributed by atoms with Gasteiger partial charge in [0.15, 0.2) is 6.29 Å². The number of carbonyl (C=O) groups is 1. The molecular weight excluding hydrogens is 743 g/mol. The van der Waals surface area contributed by atoms with Gasteiger partial charge in [0.05, 0.1) is 25.4 Å². The van der Waals surface area contributed by atoms with Crippen LogP contribution in [0.5, 0.6) is 0 Å². The van der Waals surface area contributed by atoms with Crippen molar-refractivity contribution in [2.24, 2.45) is 0 Å². The summed E-state index contributed by atoms with van der Waals surface area (Å²) in [7, 11) is 0. The van der Waals surface area contributed by atoms with Gasteiger partial charge in [0.2, 0.25) is 5.91 Å². The number of allylic oxidation sites excluding steroid dienone is 2. The van der Waals surface area contributed by atoms with Gasteiger partial charge in [-0.15, -0.1) is 0 Å². The van der Waals surface area contributed by atoms with Crippen molar-refractivity contribution < 1.29 is 39.8 Å². The first-order valence-electron chi connectivity index (χ1n) is 25.4. The molecule has 0 bridgehead atoms. The SMILES string of the molecule is CCCCCCCC/C=C\CCCCCCCCCC(=O)NC(COC1OC(CO)C(O)C(O)C1O)C(O)CCCCCCCCCCCCCCCCCCCCC. The number of aliphatic hydroxyl groups is 5. The van der Waals surface area contributed by atoms with E-state index in [0.29, 0.717) is 12.8 Å². The van der Waals surface area contributed by atoms with Crippen LogP contribution >= 0.6 is 0 Å². The van der Waals surface area contributed by atoms with Gasteiger partial charge in [-0.1, -0.05) is 212 Å². The molecule has 1 saturated heterocycles. The summed E-state index contributed by atoms with van der Waals surface area (Å²) in [5.41, 5.74) is 0. The maximum absolute atomic E-state index is 13.0. The van der Waals surface area contributed by atoms with E-state index in [4.69, 9.17) is 9.47 Å². The lowest BCUT2D eigenvalue weighted by atomic mass is 9.99. The lowest BCUT2D eigenvalue weighted by molar-refractivity contribution is -0.302. The third-order valence-electron chi connectivity index (χ3n) is 12.4. The van der Waals surface area contributed by atoms with Gasteiger partial charge in [-0.05, 0) is 38.5 Å². The average molecular weight is 840 g/mol. The first-order valence-corrected chi connectivity index (χ1v) is 25.4. The van der Waals surface area contributed by atoms with Gasteiger partial charge in [0.25, 0.3) is 0 Å². The number of hydrogen-bond acceptors (Lipinski definition) is 8. The fraction of sp³-hybridized carbons (Fsp3) is 0.940. The van der Waals surface area contributed by atoms with Crippen LogP contribution in [0.15, 0.2) is 12.2 Å². The topological polar surface area (TPSA) is 149 Å². The van der Waals surface area contributed by atoms with E-state index in [1.54, 1.807) is 0 Å². The van der Waals surface area contributed by atoms with E-state index in [1.165, 1.54) is 180 Å². The van der Waals surface area contributed by atoms with Crippen molar-refractivity contribution in [3.05, 3.63) is 12.2 Å². The summed E-state index contributed by atoms with van der Waals surface area (Å²) in [6.07, 6.45) is 40.7. The number of ether oxygens (including phenoxy) is 2. The van der Waals surface area contributed by atoms with E-state index >= 15 is 0 Å². The van der Waals surface area contributed by atoms with Gasteiger partial charge in [0.1, 0.15) is 24.4 Å². The van der Waals surface area contributed by atoms with E-state index in [9.17, 15) is 30.3 Å². The molecule has 0 aromatic carbocycles. The molecule has 1 rings (SSSR count). The standard InChI is InChI=1S/C50H97NO8/c1-3-5-7-9-11-13-15-17-19-21-22-24-25-27-29-31-33-35-37-39-44(53)43(42-58-50-49(57)48(56)47(55)45(41-52)59-50)51-46(54)40-38-36-34-32-30-28-26-23-20-18-16-14-12-10-8-6-4-2/h18,20,43-45,47-50,52-53,55-57H,3-17,19,21-42H2,1-2H3,(H,51,54)/b20-18-. The number of nitrogens with one attached hydrogen (secondary N) is 1. The van der Waals surface area contributed by atoms with Crippen LogP contribution in [-0.4, -0.2) is 87.5 Å². The Morgan fingerprint density at radius 3 is 1.37 bits per heavy atom. The van der Waals surface area contributed by atoms with Gasteiger partial charge in [-0.25, -0.2) is 0 Å². The van der Waals surface area contributed by atoms with Gasteiger partial charge >= 0.3 is 0 Å². The second kappa shape index (κ2) is 41.0. The Kier molecular flexibility index (Phi) is 38.9. The van der Waals surface area contributed by atoms with Crippen molar-refractivity contribution in [3.63, 3.8) is 0 Å². The summed E-state index contributed by atoms with van der Waals surface area (Å²) in [5, 5.41) is 54.5. The molecule has 7 unspecified atom stereocenters. The first-order chi connectivity index (χ1) is 28.8. The van der Waals surface area contributed by atoms with Crippen LogP contribution in [-0.2, 0) is 14.3 Å². The molecular formula is C50H97NO8. The van der Waals surface area contributed by atoms with Crippen molar-refractivity contribution in [3.8, 4) is 0 Å². The van der Waals surface area contributed by atoms with Crippen molar-refractivity contribution in [2.75, 3.05) is 13.2 Å². The smallest absolute Gasteiger partial charge is 0.220 e. The normalized spacial score (nSPS) is 20.7. The van der Waals surface area contributed by atoms with Crippen LogP contribution in [0.1, 0.15) is 245 Å². The minimum Gasteiger partial charge on any atom is -0.394 e. The molecule has 0 radical (unpaired) electrons. The number of hydrogen-bond donors (Lipinski definition) is 6.